The van der Waals surface area contributed by atoms with Crippen LogP contribution in [-0.4, -0.2) is 68.2 Å². The largest absolute Gasteiger partial charge is 0.339 e. The lowest BCUT2D eigenvalue weighted by Gasteiger charge is -2.35. The summed E-state index contributed by atoms with van der Waals surface area (Å²) in [6, 6.07) is 11.0. The molecule has 27 heavy (non-hydrogen) atoms. The lowest BCUT2D eigenvalue weighted by atomic mass is 10.2. The Kier molecular flexibility index (Phi) is 6.54. The van der Waals surface area contributed by atoms with Gasteiger partial charge in [0, 0.05) is 44.8 Å². The third-order valence-electron chi connectivity index (χ3n) is 4.56. The van der Waals surface area contributed by atoms with Crippen LogP contribution in [-0.2, 0) is 21.4 Å². The Morgan fingerprint density at radius 3 is 2.41 bits per heavy atom. The third-order valence-corrected chi connectivity index (χ3v) is 7.99. The number of rotatable bonds is 6. The fourth-order valence-corrected chi connectivity index (χ4v) is 5.39. The number of piperazine rings is 1. The van der Waals surface area contributed by atoms with Crippen molar-refractivity contribution < 1.29 is 13.2 Å². The summed E-state index contributed by atoms with van der Waals surface area (Å²) in [6.45, 7) is 3.38. The first kappa shape index (κ1) is 20.3. The molecule has 1 aliphatic heterocycles. The lowest BCUT2D eigenvalue weighted by Crippen LogP contribution is -2.51. The summed E-state index contributed by atoms with van der Waals surface area (Å²) in [5.74, 6) is -0.163. The fourth-order valence-electron chi connectivity index (χ4n) is 2.94. The Hall–Kier alpha value is -1.45. The number of sulfonamides is 1. The van der Waals surface area contributed by atoms with Gasteiger partial charge >= 0.3 is 0 Å². The summed E-state index contributed by atoms with van der Waals surface area (Å²) < 4.78 is 26.3. The van der Waals surface area contributed by atoms with Crippen LogP contribution in [0, 0.1) is 0 Å². The van der Waals surface area contributed by atoms with Gasteiger partial charge in [0.05, 0.1) is 6.54 Å². The number of amides is 1. The van der Waals surface area contributed by atoms with Crippen LogP contribution >= 0.6 is 22.9 Å². The molecule has 6 nitrogen and oxygen atoms in total. The van der Waals surface area contributed by atoms with E-state index in [1.54, 1.807) is 22.4 Å². The second-order valence-electron chi connectivity index (χ2n) is 6.48. The first-order valence-electron chi connectivity index (χ1n) is 8.60. The van der Waals surface area contributed by atoms with Crippen molar-refractivity contribution in [1.29, 1.82) is 0 Å². The number of nitrogens with zero attached hydrogens (tertiary/aromatic N) is 3. The van der Waals surface area contributed by atoms with E-state index in [1.807, 2.05) is 24.3 Å². The average molecular weight is 428 g/mol. The fraction of sp³-hybridized carbons (Fsp3) is 0.389. The highest BCUT2D eigenvalue weighted by atomic mass is 35.5. The van der Waals surface area contributed by atoms with Crippen LogP contribution in [0.2, 0.25) is 5.02 Å². The Bertz CT molecular complexity index is 862. The summed E-state index contributed by atoms with van der Waals surface area (Å²) in [7, 11) is -2.15. The number of likely N-dealkylation sites (N-methyl/N-ethyl adjacent to an activating group) is 1. The zero-order chi connectivity index (χ0) is 19.4. The minimum atomic E-state index is -3.60. The van der Waals surface area contributed by atoms with E-state index in [4.69, 9.17) is 11.6 Å². The molecule has 2 heterocycles. The molecule has 2 aromatic rings. The summed E-state index contributed by atoms with van der Waals surface area (Å²) in [5.41, 5.74) is 1.18. The highest BCUT2D eigenvalue weighted by Crippen LogP contribution is 2.20. The second-order valence-corrected chi connectivity index (χ2v) is 10.1. The van der Waals surface area contributed by atoms with Gasteiger partial charge in [-0.2, -0.15) is 4.31 Å². The standard InChI is InChI=1S/C18H22ClN3O3S2/c1-20(27(24,25)18-3-2-12-26-18)14-17(23)22-10-8-21(9-11-22)13-15-4-6-16(19)7-5-15/h2-7,12H,8-11,13-14H2,1H3. The Labute approximate surface area is 169 Å². The van der Waals surface area contributed by atoms with Crippen LogP contribution in [0.25, 0.3) is 0 Å². The van der Waals surface area contributed by atoms with Crippen LogP contribution in [0.5, 0.6) is 0 Å². The van der Waals surface area contributed by atoms with Gasteiger partial charge in [-0.15, -0.1) is 11.3 Å². The molecule has 1 aromatic carbocycles. The molecule has 1 aliphatic rings. The van der Waals surface area contributed by atoms with Gasteiger partial charge in [0.25, 0.3) is 10.0 Å². The topological polar surface area (TPSA) is 60.9 Å². The molecule has 0 aliphatic carbocycles. The number of carbonyl (C=O) groups excluding carboxylic acids is 1. The van der Waals surface area contributed by atoms with E-state index in [2.05, 4.69) is 4.90 Å². The lowest BCUT2D eigenvalue weighted by molar-refractivity contribution is -0.133. The molecule has 0 radical (unpaired) electrons. The molecular formula is C18H22ClN3O3S2. The quantitative estimate of drug-likeness (QED) is 0.710. The first-order valence-corrected chi connectivity index (χ1v) is 11.3. The summed E-state index contributed by atoms with van der Waals surface area (Å²) in [4.78, 5) is 16.5. The van der Waals surface area contributed by atoms with E-state index in [0.29, 0.717) is 13.1 Å². The van der Waals surface area contributed by atoms with Gasteiger partial charge in [0.1, 0.15) is 4.21 Å². The highest BCUT2D eigenvalue weighted by Gasteiger charge is 2.27. The minimum absolute atomic E-state index is 0.141. The molecule has 1 fully saturated rings. The molecule has 0 unspecified atom stereocenters. The molecule has 146 valence electrons. The van der Waals surface area contributed by atoms with E-state index < -0.39 is 10.0 Å². The average Bonchev–Trinajstić information content (AvgIpc) is 3.19. The van der Waals surface area contributed by atoms with Crippen molar-refractivity contribution in [3.05, 3.63) is 52.4 Å². The van der Waals surface area contributed by atoms with Gasteiger partial charge in [0.15, 0.2) is 0 Å². The number of carbonyl (C=O) groups is 1. The van der Waals surface area contributed by atoms with Gasteiger partial charge in [-0.25, -0.2) is 8.42 Å². The predicted molar refractivity (Wildman–Crippen MR) is 107 cm³/mol. The van der Waals surface area contributed by atoms with E-state index in [0.717, 1.165) is 40.3 Å². The van der Waals surface area contributed by atoms with Crippen molar-refractivity contribution in [2.24, 2.45) is 0 Å². The molecule has 0 spiro atoms. The van der Waals surface area contributed by atoms with E-state index >= 15 is 0 Å². The Morgan fingerprint density at radius 1 is 1.15 bits per heavy atom. The Morgan fingerprint density at radius 2 is 1.81 bits per heavy atom. The Balaban J connectivity index is 1.50. The smallest absolute Gasteiger partial charge is 0.252 e. The van der Waals surface area contributed by atoms with Crippen molar-refractivity contribution in [2.45, 2.75) is 10.8 Å². The summed E-state index contributed by atoms with van der Waals surface area (Å²) in [6.07, 6.45) is 0. The number of hydrogen-bond donors (Lipinski definition) is 0. The van der Waals surface area contributed by atoms with Crippen LogP contribution in [0.3, 0.4) is 0 Å². The maximum absolute atomic E-state index is 12.5. The van der Waals surface area contributed by atoms with Gasteiger partial charge < -0.3 is 4.90 Å². The van der Waals surface area contributed by atoms with Crippen molar-refractivity contribution in [1.82, 2.24) is 14.1 Å². The first-order chi connectivity index (χ1) is 12.9. The van der Waals surface area contributed by atoms with Crippen LogP contribution < -0.4 is 0 Å². The molecule has 9 heteroatoms. The van der Waals surface area contributed by atoms with Crippen LogP contribution in [0.15, 0.2) is 46.0 Å². The molecule has 1 saturated heterocycles. The zero-order valence-corrected chi connectivity index (χ0v) is 17.4. The van der Waals surface area contributed by atoms with Crippen molar-refractivity contribution >= 4 is 38.9 Å². The molecule has 1 amide bonds. The molecule has 0 saturated carbocycles. The van der Waals surface area contributed by atoms with E-state index in [1.165, 1.54) is 12.6 Å². The summed E-state index contributed by atoms with van der Waals surface area (Å²) >= 11 is 7.06. The minimum Gasteiger partial charge on any atom is -0.339 e. The molecule has 0 bridgehead atoms. The van der Waals surface area contributed by atoms with E-state index in [9.17, 15) is 13.2 Å². The number of halogens is 1. The van der Waals surface area contributed by atoms with Crippen molar-refractivity contribution in [2.75, 3.05) is 39.8 Å². The third kappa shape index (κ3) is 5.08. The van der Waals surface area contributed by atoms with Gasteiger partial charge in [-0.3, -0.25) is 9.69 Å². The highest BCUT2D eigenvalue weighted by molar-refractivity contribution is 7.91. The molecular weight excluding hydrogens is 406 g/mol. The zero-order valence-electron chi connectivity index (χ0n) is 15.0. The van der Waals surface area contributed by atoms with Gasteiger partial charge in [-0.05, 0) is 29.1 Å². The number of hydrogen-bond acceptors (Lipinski definition) is 5. The predicted octanol–water partition coefficient (Wildman–Crippen LogP) is 2.37. The maximum atomic E-state index is 12.5. The maximum Gasteiger partial charge on any atom is 0.252 e. The molecule has 1 aromatic heterocycles. The molecule has 0 atom stereocenters. The summed E-state index contributed by atoms with van der Waals surface area (Å²) in [5, 5.41) is 2.43. The number of benzene rings is 1. The van der Waals surface area contributed by atoms with Crippen molar-refractivity contribution in [3.63, 3.8) is 0 Å². The molecule has 3 rings (SSSR count). The van der Waals surface area contributed by atoms with Crippen LogP contribution in [0.1, 0.15) is 5.56 Å². The van der Waals surface area contributed by atoms with Gasteiger partial charge in [0.2, 0.25) is 5.91 Å². The van der Waals surface area contributed by atoms with Crippen molar-refractivity contribution in [3.8, 4) is 0 Å². The van der Waals surface area contributed by atoms with Gasteiger partial charge in [-0.1, -0.05) is 29.8 Å². The SMILES string of the molecule is CN(CC(=O)N1CCN(Cc2ccc(Cl)cc2)CC1)S(=O)(=O)c1cccs1. The normalized spacial score (nSPS) is 16.0. The monoisotopic (exact) mass is 427 g/mol. The second kappa shape index (κ2) is 8.70. The van der Waals surface area contributed by atoms with E-state index in [-0.39, 0.29) is 16.7 Å². The number of thiophene rings is 1. The van der Waals surface area contributed by atoms with Crippen LogP contribution in [0.4, 0.5) is 0 Å². The molecule has 0 N–H and O–H groups in total.